The van der Waals surface area contributed by atoms with E-state index in [2.05, 4.69) is 34.0 Å². The highest BCUT2D eigenvalue weighted by Crippen LogP contribution is 2.27. The van der Waals surface area contributed by atoms with Crippen LogP contribution in [-0.2, 0) is 0 Å². The molecule has 1 atom stereocenters. The first kappa shape index (κ1) is 14.9. The highest BCUT2D eigenvalue weighted by molar-refractivity contribution is 7.05. The van der Waals surface area contributed by atoms with Crippen LogP contribution in [-0.4, -0.2) is 22.2 Å². The fourth-order valence-corrected chi connectivity index (χ4v) is 2.62. The minimum atomic E-state index is 0.130. The van der Waals surface area contributed by atoms with Crippen molar-refractivity contribution >= 4 is 11.5 Å². The highest BCUT2D eigenvalue weighted by atomic mass is 32.1. The Morgan fingerprint density at radius 2 is 2.20 bits per heavy atom. The standard InChI is InChI=1S/C15H21N3OS/c1-4-8-16-15(14-10-17-18-20-14)12-6-5-7-13(9-12)19-11(2)3/h5-7,9-11,15-16H,4,8H2,1-3H3. The second-order valence-electron chi connectivity index (χ2n) is 4.95. The first-order valence-corrected chi connectivity index (χ1v) is 7.75. The Labute approximate surface area is 124 Å². The van der Waals surface area contributed by atoms with Gasteiger partial charge in [-0.15, -0.1) is 5.10 Å². The molecule has 1 aromatic heterocycles. The maximum atomic E-state index is 5.77. The number of nitrogens with zero attached hydrogens (tertiary/aromatic N) is 2. The van der Waals surface area contributed by atoms with Gasteiger partial charge in [0.2, 0.25) is 0 Å². The minimum Gasteiger partial charge on any atom is -0.491 e. The van der Waals surface area contributed by atoms with Gasteiger partial charge < -0.3 is 10.1 Å². The molecular formula is C15H21N3OS. The monoisotopic (exact) mass is 291 g/mol. The molecule has 5 heteroatoms. The molecule has 0 fully saturated rings. The summed E-state index contributed by atoms with van der Waals surface area (Å²) in [5.74, 6) is 0.901. The Hall–Kier alpha value is -1.46. The maximum Gasteiger partial charge on any atom is 0.120 e. The van der Waals surface area contributed by atoms with Gasteiger partial charge in [-0.05, 0) is 56.0 Å². The Kier molecular flexibility index (Phi) is 5.49. The Bertz CT molecular complexity index is 514. The molecule has 1 heterocycles. The summed E-state index contributed by atoms with van der Waals surface area (Å²) >= 11 is 1.43. The molecule has 0 amide bonds. The van der Waals surface area contributed by atoms with Gasteiger partial charge in [0.15, 0.2) is 0 Å². The van der Waals surface area contributed by atoms with Crippen molar-refractivity contribution in [3.8, 4) is 5.75 Å². The Morgan fingerprint density at radius 3 is 2.85 bits per heavy atom. The second-order valence-corrected chi connectivity index (χ2v) is 5.76. The fraction of sp³-hybridized carbons (Fsp3) is 0.467. The summed E-state index contributed by atoms with van der Waals surface area (Å²) in [4.78, 5) is 1.13. The number of benzene rings is 1. The third-order valence-corrected chi connectivity index (χ3v) is 3.55. The molecule has 0 aliphatic rings. The number of hydrogen-bond acceptors (Lipinski definition) is 5. The predicted molar refractivity (Wildman–Crippen MR) is 82.3 cm³/mol. The number of rotatable bonds is 7. The minimum absolute atomic E-state index is 0.130. The largest absolute Gasteiger partial charge is 0.491 e. The summed E-state index contributed by atoms with van der Waals surface area (Å²) < 4.78 is 9.74. The lowest BCUT2D eigenvalue weighted by molar-refractivity contribution is 0.242. The summed E-state index contributed by atoms with van der Waals surface area (Å²) in [6.07, 6.45) is 3.09. The van der Waals surface area contributed by atoms with Gasteiger partial charge in [0, 0.05) is 0 Å². The van der Waals surface area contributed by atoms with Crippen molar-refractivity contribution in [3.05, 3.63) is 40.9 Å². The van der Waals surface area contributed by atoms with E-state index in [4.69, 9.17) is 4.74 Å². The summed E-state index contributed by atoms with van der Waals surface area (Å²) in [6, 6.07) is 8.35. The van der Waals surface area contributed by atoms with Gasteiger partial charge in [-0.2, -0.15) is 0 Å². The molecule has 2 aromatic rings. The molecular weight excluding hydrogens is 270 g/mol. The predicted octanol–water partition coefficient (Wildman–Crippen LogP) is 3.41. The number of ether oxygens (including phenoxy) is 1. The van der Waals surface area contributed by atoms with Crippen LogP contribution < -0.4 is 10.1 Å². The molecule has 0 bridgehead atoms. The van der Waals surface area contributed by atoms with Gasteiger partial charge in [-0.3, -0.25) is 0 Å². The van der Waals surface area contributed by atoms with Crippen LogP contribution in [0.1, 0.15) is 43.7 Å². The van der Waals surface area contributed by atoms with Gasteiger partial charge in [0.25, 0.3) is 0 Å². The fourth-order valence-electron chi connectivity index (χ4n) is 2.01. The Balaban J connectivity index is 2.24. The summed E-state index contributed by atoms with van der Waals surface area (Å²) in [5.41, 5.74) is 1.18. The quantitative estimate of drug-likeness (QED) is 0.849. The van der Waals surface area contributed by atoms with E-state index in [1.54, 1.807) is 0 Å². The van der Waals surface area contributed by atoms with Crippen molar-refractivity contribution in [1.29, 1.82) is 0 Å². The topological polar surface area (TPSA) is 47.0 Å². The van der Waals surface area contributed by atoms with E-state index < -0.39 is 0 Å². The van der Waals surface area contributed by atoms with Gasteiger partial charge in [0.1, 0.15) is 5.75 Å². The van der Waals surface area contributed by atoms with Crippen LogP contribution in [0, 0.1) is 0 Å². The van der Waals surface area contributed by atoms with Crippen molar-refractivity contribution < 1.29 is 4.74 Å². The molecule has 0 aliphatic heterocycles. The molecule has 0 saturated heterocycles. The molecule has 0 aliphatic carbocycles. The van der Waals surface area contributed by atoms with Crippen molar-refractivity contribution in [2.45, 2.75) is 39.3 Å². The zero-order valence-electron chi connectivity index (χ0n) is 12.2. The van der Waals surface area contributed by atoms with Gasteiger partial charge in [-0.25, -0.2) is 0 Å². The zero-order valence-corrected chi connectivity index (χ0v) is 13.0. The molecule has 1 unspecified atom stereocenters. The first-order chi connectivity index (χ1) is 9.70. The van der Waals surface area contributed by atoms with Crippen molar-refractivity contribution in [2.75, 3.05) is 6.54 Å². The van der Waals surface area contributed by atoms with Crippen LogP contribution in [0.3, 0.4) is 0 Å². The van der Waals surface area contributed by atoms with Crippen molar-refractivity contribution in [3.63, 3.8) is 0 Å². The molecule has 0 spiro atoms. The van der Waals surface area contributed by atoms with E-state index in [0.29, 0.717) is 0 Å². The summed E-state index contributed by atoms with van der Waals surface area (Å²) in [7, 11) is 0. The molecule has 2 rings (SSSR count). The molecule has 0 saturated carbocycles. The third kappa shape index (κ3) is 4.02. The van der Waals surface area contributed by atoms with E-state index in [1.807, 2.05) is 32.2 Å². The van der Waals surface area contributed by atoms with E-state index in [1.165, 1.54) is 17.1 Å². The van der Waals surface area contributed by atoms with Gasteiger partial charge >= 0.3 is 0 Å². The lowest BCUT2D eigenvalue weighted by Crippen LogP contribution is -2.22. The van der Waals surface area contributed by atoms with E-state index in [9.17, 15) is 0 Å². The van der Waals surface area contributed by atoms with Crippen LogP contribution in [0.25, 0.3) is 0 Å². The number of aromatic nitrogens is 2. The highest BCUT2D eigenvalue weighted by Gasteiger charge is 2.16. The van der Waals surface area contributed by atoms with E-state index in [-0.39, 0.29) is 12.1 Å². The van der Waals surface area contributed by atoms with Crippen molar-refractivity contribution in [2.24, 2.45) is 0 Å². The Morgan fingerprint density at radius 1 is 1.35 bits per heavy atom. The zero-order chi connectivity index (χ0) is 14.4. The molecule has 0 radical (unpaired) electrons. The second kappa shape index (κ2) is 7.36. The number of nitrogens with one attached hydrogen (secondary N) is 1. The molecule has 20 heavy (non-hydrogen) atoms. The molecule has 1 aromatic carbocycles. The van der Waals surface area contributed by atoms with Crippen molar-refractivity contribution in [1.82, 2.24) is 14.9 Å². The van der Waals surface area contributed by atoms with Crippen LogP contribution in [0.15, 0.2) is 30.5 Å². The molecule has 1 N–H and O–H groups in total. The normalized spacial score (nSPS) is 12.6. The number of hydrogen-bond donors (Lipinski definition) is 1. The van der Waals surface area contributed by atoms with E-state index in [0.717, 1.165) is 23.6 Å². The van der Waals surface area contributed by atoms with Crippen LogP contribution in [0.2, 0.25) is 0 Å². The van der Waals surface area contributed by atoms with Gasteiger partial charge in [-0.1, -0.05) is 23.5 Å². The summed E-state index contributed by atoms with van der Waals surface area (Å²) in [6.45, 7) is 7.18. The van der Waals surface area contributed by atoms with Gasteiger partial charge in [0.05, 0.1) is 23.2 Å². The SMILES string of the molecule is CCCNC(c1cccc(OC(C)C)c1)c1cnns1. The molecule has 108 valence electrons. The van der Waals surface area contributed by atoms with Crippen LogP contribution in [0.4, 0.5) is 0 Å². The lowest BCUT2D eigenvalue weighted by atomic mass is 10.1. The summed E-state index contributed by atoms with van der Waals surface area (Å²) in [5, 5.41) is 7.49. The average Bonchev–Trinajstić information content (AvgIpc) is 2.93. The van der Waals surface area contributed by atoms with E-state index >= 15 is 0 Å². The maximum absolute atomic E-state index is 5.77. The molecule has 4 nitrogen and oxygen atoms in total. The smallest absolute Gasteiger partial charge is 0.120 e. The third-order valence-electron chi connectivity index (χ3n) is 2.82. The van der Waals surface area contributed by atoms with Crippen LogP contribution >= 0.6 is 11.5 Å². The van der Waals surface area contributed by atoms with Crippen LogP contribution in [0.5, 0.6) is 5.75 Å². The first-order valence-electron chi connectivity index (χ1n) is 6.98. The average molecular weight is 291 g/mol. The lowest BCUT2D eigenvalue weighted by Gasteiger charge is -2.18.